The topological polar surface area (TPSA) is 34.4 Å². The van der Waals surface area contributed by atoms with Crippen LogP contribution >= 0.6 is 46.0 Å². The highest BCUT2D eigenvalue weighted by molar-refractivity contribution is 8.01. The molecule has 0 N–H and O–H groups in total. The van der Waals surface area contributed by atoms with E-state index in [0.717, 1.165) is 30.8 Å². The largest absolute Gasteiger partial charge is 0.274 e. The van der Waals surface area contributed by atoms with Crippen LogP contribution in [0.25, 0.3) is 22.1 Å². The molecule has 0 radical (unpaired) electrons. The second kappa shape index (κ2) is 6.80. The number of thiophene rings is 1. The van der Waals surface area contributed by atoms with E-state index in [-0.39, 0.29) is 5.56 Å². The van der Waals surface area contributed by atoms with Gasteiger partial charge in [-0.05, 0) is 54.6 Å². The molecule has 0 bridgehead atoms. The monoisotopic (exact) mass is 426 g/mol. The lowest BCUT2D eigenvalue weighted by Gasteiger charge is -1.97. The van der Waals surface area contributed by atoms with Crippen molar-refractivity contribution >= 4 is 68.1 Å². The Bertz CT molecular complexity index is 1380. The van der Waals surface area contributed by atoms with Gasteiger partial charge in [0.2, 0.25) is 0 Å². The lowest BCUT2D eigenvalue weighted by Crippen LogP contribution is -2.22. The van der Waals surface area contributed by atoms with Gasteiger partial charge in [0.1, 0.15) is 0 Å². The van der Waals surface area contributed by atoms with Gasteiger partial charge in [-0.3, -0.25) is 4.79 Å². The van der Waals surface area contributed by atoms with Crippen molar-refractivity contribution in [3.8, 4) is 0 Å². The number of para-hydroxylation sites is 2. The van der Waals surface area contributed by atoms with E-state index in [2.05, 4.69) is 11.1 Å². The highest BCUT2D eigenvalue weighted by Gasteiger charge is 2.10. The molecule has 0 fully saturated rings. The van der Waals surface area contributed by atoms with Gasteiger partial charge in [0.05, 0.1) is 19.8 Å². The molecule has 0 aliphatic carbocycles. The first-order chi connectivity index (χ1) is 13.2. The Morgan fingerprint density at radius 3 is 2.67 bits per heavy atom. The molecule has 0 atom stereocenters. The molecule has 0 unspecified atom stereocenters. The minimum absolute atomic E-state index is 0.0102. The van der Waals surface area contributed by atoms with Gasteiger partial charge in [0.25, 0.3) is 5.56 Å². The molecule has 3 heterocycles. The number of fused-ring (bicyclic) bond motifs is 3. The standard InChI is InChI=1S/C20H11ClN2OS3/c21-12-5-7-13(8-6-12)25-18-10-9-14(26-18)11-17-19(24)23-16-4-2-1-3-15(16)22-20(23)27-17/h1-11H. The van der Waals surface area contributed by atoms with Crippen LogP contribution in [0.1, 0.15) is 4.88 Å². The number of hydrogen-bond acceptors (Lipinski definition) is 5. The maximum atomic E-state index is 12.8. The van der Waals surface area contributed by atoms with Crippen molar-refractivity contribution in [2.75, 3.05) is 0 Å². The number of aromatic nitrogens is 2. The minimum atomic E-state index is -0.0102. The Morgan fingerprint density at radius 1 is 1.00 bits per heavy atom. The van der Waals surface area contributed by atoms with Crippen LogP contribution in [0, 0.1) is 0 Å². The van der Waals surface area contributed by atoms with E-state index in [1.165, 1.54) is 15.5 Å². The molecule has 3 aromatic heterocycles. The van der Waals surface area contributed by atoms with E-state index in [4.69, 9.17) is 11.6 Å². The lowest BCUT2D eigenvalue weighted by molar-refractivity contribution is 1.19. The maximum Gasteiger partial charge on any atom is 0.274 e. The number of rotatable bonds is 3. The number of imidazole rings is 1. The molecule has 7 heteroatoms. The maximum absolute atomic E-state index is 12.8. The van der Waals surface area contributed by atoms with Crippen molar-refractivity contribution in [2.45, 2.75) is 9.10 Å². The summed E-state index contributed by atoms with van der Waals surface area (Å²) in [7, 11) is 0. The fourth-order valence-electron chi connectivity index (χ4n) is 2.83. The number of nitrogens with zero attached hydrogens (tertiary/aromatic N) is 2. The zero-order valence-electron chi connectivity index (χ0n) is 13.8. The summed E-state index contributed by atoms with van der Waals surface area (Å²) in [5.41, 5.74) is 1.70. The van der Waals surface area contributed by atoms with Gasteiger partial charge in [-0.2, -0.15) is 0 Å². The van der Waals surface area contributed by atoms with E-state index in [1.54, 1.807) is 27.5 Å². The molecule has 0 saturated carbocycles. The molecule has 0 aliphatic heterocycles. The Hall–Kier alpha value is -2.12. The molecule has 5 aromatic rings. The van der Waals surface area contributed by atoms with Crippen molar-refractivity contribution in [2.24, 2.45) is 0 Å². The SMILES string of the molecule is O=c1c(=Cc2ccc(Sc3ccc(Cl)cc3)s2)sc2nc3ccccc3n12. The average molecular weight is 427 g/mol. The van der Waals surface area contributed by atoms with Gasteiger partial charge in [0.15, 0.2) is 4.96 Å². The summed E-state index contributed by atoms with van der Waals surface area (Å²) in [6.45, 7) is 0. The summed E-state index contributed by atoms with van der Waals surface area (Å²) in [5, 5.41) is 0.734. The predicted octanol–water partition coefficient (Wildman–Crippen LogP) is 5.32. The van der Waals surface area contributed by atoms with Crippen LogP contribution < -0.4 is 10.1 Å². The zero-order chi connectivity index (χ0) is 18.4. The van der Waals surface area contributed by atoms with Crippen LogP contribution in [0.4, 0.5) is 0 Å². The third-order valence-corrected chi connectivity index (χ3v) is 7.45. The molecule has 2 aromatic carbocycles. The first kappa shape index (κ1) is 17.0. The van der Waals surface area contributed by atoms with Crippen molar-refractivity contribution in [1.82, 2.24) is 9.38 Å². The van der Waals surface area contributed by atoms with Crippen LogP contribution in [0.2, 0.25) is 5.02 Å². The Kier molecular flexibility index (Phi) is 4.28. The van der Waals surface area contributed by atoms with Crippen LogP contribution in [0.5, 0.6) is 0 Å². The number of halogens is 1. The fraction of sp³-hybridized carbons (Fsp3) is 0. The summed E-state index contributed by atoms with van der Waals surface area (Å²) in [6.07, 6.45) is 1.95. The van der Waals surface area contributed by atoms with Crippen molar-refractivity contribution in [3.05, 3.63) is 85.4 Å². The Morgan fingerprint density at radius 2 is 1.81 bits per heavy atom. The third-order valence-electron chi connectivity index (χ3n) is 4.05. The fourth-order valence-corrected chi connectivity index (χ4v) is 6.07. The van der Waals surface area contributed by atoms with Gasteiger partial charge in [-0.25, -0.2) is 9.38 Å². The molecule has 3 nitrogen and oxygen atoms in total. The lowest BCUT2D eigenvalue weighted by atomic mass is 10.3. The molecule has 0 aliphatic rings. The summed E-state index contributed by atoms with van der Waals surface area (Å²) in [6, 6.07) is 19.6. The molecule has 0 amide bonds. The average Bonchev–Trinajstić information content (AvgIpc) is 3.33. The van der Waals surface area contributed by atoms with Gasteiger partial charge >= 0.3 is 0 Å². The van der Waals surface area contributed by atoms with E-state index >= 15 is 0 Å². The number of thiazole rings is 1. The van der Waals surface area contributed by atoms with E-state index in [1.807, 2.05) is 60.7 Å². The molecule has 0 spiro atoms. The smallest absolute Gasteiger partial charge is 0.267 e. The molecule has 27 heavy (non-hydrogen) atoms. The Balaban J connectivity index is 1.51. The molecule has 5 rings (SSSR count). The van der Waals surface area contributed by atoms with Crippen LogP contribution in [0.15, 0.2) is 74.6 Å². The van der Waals surface area contributed by atoms with Gasteiger partial charge in [0, 0.05) is 14.8 Å². The first-order valence-corrected chi connectivity index (χ1v) is 11.0. The second-order valence-corrected chi connectivity index (χ2v) is 9.78. The zero-order valence-corrected chi connectivity index (χ0v) is 17.0. The first-order valence-electron chi connectivity index (χ1n) is 8.12. The molecule has 132 valence electrons. The number of benzene rings is 2. The van der Waals surface area contributed by atoms with Crippen molar-refractivity contribution < 1.29 is 0 Å². The van der Waals surface area contributed by atoms with E-state index in [0.29, 0.717) is 4.53 Å². The minimum Gasteiger partial charge on any atom is -0.267 e. The molecular weight excluding hydrogens is 416 g/mol. The quantitative estimate of drug-likeness (QED) is 0.391. The van der Waals surface area contributed by atoms with E-state index < -0.39 is 0 Å². The summed E-state index contributed by atoms with van der Waals surface area (Å²) >= 11 is 10.7. The van der Waals surface area contributed by atoms with Gasteiger partial charge < -0.3 is 0 Å². The highest BCUT2D eigenvalue weighted by Crippen LogP contribution is 2.34. The number of hydrogen-bond donors (Lipinski definition) is 0. The highest BCUT2D eigenvalue weighted by atomic mass is 35.5. The molecule has 0 saturated heterocycles. The Labute approximate surface area is 171 Å². The van der Waals surface area contributed by atoms with Crippen LogP contribution in [-0.2, 0) is 0 Å². The normalized spacial score (nSPS) is 12.4. The van der Waals surface area contributed by atoms with Gasteiger partial charge in [-0.1, -0.05) is 46.8 Å². The van der Waals surface area contributed by atoms with Crippen molar-refractivity contribution in [3.63, 3.8) is 0 Å². The van der Waals surface area contributed by atoms with Gasteiger partial charge in [-0.15, -0.1) is 11.3 Å². The van der Waals surface area contributed by atoms with Crippen molar-refractivity contribution in [1.29, 1.82) is 0 Å². The predicted molar refractivity (Wildman–Crippen MR) is 116 cm³/mol. The summed E-state index contributed by atoms with van der Waals surface area (Å²) in [4.78, 5) is 20.3. The second-order valence-electron chi connectivity index (χ2n) is 5.85. The summed E-state index contributed by atoms with van der Waals surface area (Å²) < 4.78 is 3.57. The third kappa shape index (κ3) is 3.19. The van der Waals surface area contributed by atoms with Crippen LogP contribution in [-0.4, -0.2) is 9.38 Å². The summed E-state index contributed by atoms with van der Waals surface area (Å²) in [5.74, 6) is 0. The van der Waals surface area contributed by atoms with Crippen LogP contribution in [0.3, 0.4) is 0 Å². The molecular formula is C20H11ClN2OS3. The van der Waals surface area contributed by atoms with E-state index in [9.17, 15) is 4.79 Å².